The second kappa shape index (κ2) is 2.17. The van der Waals surface area contributed by atoms with Crippen LogP contribution in [-0.4, -0.2) is 9.78 Å². The van der Waals surface area contributed by atoms with Gasteiger partial charge in [-0.05, 0) is 13.8 Å². The third-order valence-corrected chi connectivity index (χ3v) is 1.24. The predicted octanol–water partition coefficient (Wildman–Crippen LogP) is 1.35. The van der Waals surface area contributed by atoms with Crippen molar-refractivity contribution in [3.63, 3.8) is 0 Å². The molecule has 0 radical (unpaired) electrons. The molecule has 0 bridgehead atoms. The lowest BCUT2D eigenvalue weighted by molar-refractivity contribution is 0.467. The van der Waals surface area contributed by atoms with Gasteiger partial charge in [-0.2, -0.15) is 9.49 Å². The highest BCUT2D eigenvalue weighted by Crippen LogP contribution is 2.02. The Balaban J connectivity index is 3.04. The first kappa shape index (κ1) is 6.26. The fourth-order valence-corrected chi connectivity index (χ4v) is 0.684. The van der Waals surface area contributed by atoms with Crippen LogP contribution in [0.5, 0.6) is 0 Å². The van der Waals surface area contributed by atoms with Crippen LogP contribution in [0, 0.1) is 12.9 Å². The molecule has 1 rings (SSSR count). The first-order chi connectivity index (χ1) is 4.25. The SMILES string of the molecule is CCn1ncc(C)c1F. The molecule has 0 N–H and O–H groups in total. The van der Waals surface area contributed by atoms with Crippen LogP contribution in [0.2, 0.25) is 0 Å². The molecule has 0 saturated heterocycles. The molecule has 3 heteroatoms. The van der Waals surface area contributed by atoms with Crippen LogP contribution in [0.15, 0.2) is 6.20 Å². The molecule has 1 heterocycles. The lowest BCUT2D eigenvalue weighted by atomic mass is 10.4. The molecular formula is C6H9FN2. The van der Waals surface area contributed by atoms with E-state index in [1.165, 1.54) is 10.9 Å². The van der Waals surface area contributed by atoms with Gasteiger partial charge in [0, 0.05) is 12.1 Å². The van der Waals surface area contributed by atoms with Gasteiger partial charge in [-0.25, -0.2) is 4.68 Å². The molecule has 0 spiro atoms. The van der Waals surface area contributed by atoms with Gasteiger partial charge in [-0.15, -0.1) is 0 Å². The van der Waals surface area contributed by atoms with Crippen LogP contribution in [0.4, 0.5) is 4.39 Å². The normalized spacial score (nSPS) is 10.1. The Morgan fingerprint density at radius 1 is 1.78 bits per heavy atom. The Hall–Kier alpha value is -0.860. The summed E-state index contributed by atoms with van der Waals surface area (Å²) in [6.07, 6.45) is 1.53. The number of aromatic nitrogens is 2. The third kappa shape index (κ3) is 0.943. The molecule has 0 aliphatic rings. The van der Waals surface area contributed by atoms with Crippen molar-refractivity contribution >= 4 is 0 Å². The van der Waals surface area contributed by atoms with Crippen LogP contribution < -0.4 is 0 Å². The number of nitrogens with zero attached hydrogens (tertiary/aromatic N) is 2. The molecule has 0 aromatic carbocycles. The molecular weight excluding hydrogens is 119 g/mol. The largest absolute Gasteiger partial charge is 0.240 e. The molecule has 1 aromatic heterocycles. The average Bonchev–Trinajstić information content (AvgIpc) is 2.15. The third-order valence-electron chi connectivity index (χ3n) is 1.24. The predicted molar refractivity (Wildman–Crippen MR) is 32.6 cm³/mol. The van der Waals surface area contributed by atoms with Gasteiger partial charge >= 0.3 is 0 Å². The molecule has 0 saturated carbocycles. The Morgan fingerprint density at radius 3 is 2.67 bits per heavy atom. The minimum Gasteiger partial charge on any atom is -0.240 e. The van der Waals surface area contributed by atoms with Crippen molar-refractivity contribution in [3.8, 4) is 0 Å². The second-order valence-electron chi connectivity index (χ2n) is 1.93. The Morgan fingerprint density at radius 2 is 2.44 bits per heavy atom. The van der Waals surface area contributed by atoms with E-state index in [1.54, 1.807) is 6.92 Å². The average molecular weight is 128 g/mol. The maximum absolute atomic E-state index is 12.7. The summed E-state index contributed by atoms with van der Waals surface area (Å²) in [5, 5.41) is 3.78. The Kier molecular flexibility index (Phi) is 1.51. The summed E-state index contributed by atoms with van der Waals surface area (Å²) < 4.78 is 14.0. The summed E-state index contributed by atoms with van der Waals surface area (Å²) in [6, 6.07) is 0. The molecule has 1 aromatic rings. The fraction of sp³-hybridized carbons (Fsp3) is 0.500. The molecule has 0 aliphatic heterocycles. The van der Waals surface area contributed by atoms with E-state index in [1.807, 2.05) is 6.92 Å². The fourth-order valence-electron chi connectivity index (χ4n) is 0.684. The Bertz CT molecular complexity index is 205. The topological polar surface area (TPSA) is 17.8 Å². The summed E-state index contributed by atoms with van der Waals surface area (Å²) in [4.78, 5) is 0. The zero-order chi connectivity index (χ0) is 6.85. The van der Waals surface area contributed by atoms with E-state index in [2.05, 4.69) is 5.10 Å². The number of hydrogen-bond acceptors (Lipinski definition) is 1. The second-order valence-corrected chi connectivity index (χ2v) is 1.93. The highest BCUT2D eigenvalue weighted by molar-refractivity contribution is 5.02. The highest BCUT2D eigenvalue weighted by Gasteiger charge is 2.01. The van der Waals surface area contributed by atoms with Gasteiger partial charge in [0.05, 0.1) is 6.20 Å². The number of aryl methyl sites for hydroxylation is 2. The summed E-state index contributed by atoms with van der Waals surface area (Å²) in [6.45, 7) is 4.16. The first-order valence-electron chi connectivity index (χ1n) is 2.93. The van der Waals surface area contributed by atoms with E-state index in [4.69, 9.17) is 0 Å². The Labute approximate surface area is 53.3 Å². The molecule has 0 unspecified atom stereocenters. The van der Waals surface area contributed by atoms with Crippen LogP contribution in [-0.2, 0) is 6.54 Å². The van der Waals surface area contributed by atoms with Crippen LogP contribution in [0.3, 0.4) is 0 Å². The van der Waals surface area contributed by atoms with Crippen molar-refractivity contribution in [2.45, 2.75) is 20.4 Å². The van der Waals surface area contributed by atoms with Gasteiger partial charge in [0.25, 0.3) is 0 Å². The quantitative estimate of drug-likeness (QED) is 0.558. The van der Waals surface area contributed by atoms with Gasteiger partial charge in [-0.3, -0.25) is 0 Å². The summed E-state index contributed by atoms with van der Waals surface area (Å²) in [5.74, 6) is -0.225. The number of hydrogen-bond donors (Lipinski definition) is 0. The van der Waals surface area contributed by atoms with E-state index >= 15 is 0 Å². The molecule has 2 nitrogen and oxygen atoms in total. The van der Waals surface area contributed by atoms with Gasteiger partial charge in [-0.1, -0.05) is 0 Å². The van der Waals surface area contributed by atoms with E-state index in [0.29, 0.717) is 12.1 Å². The van der Waals surface area contributed by atoms with E-state index in [9.17, 15) is 4.39 Å². The maximum atomic E-state index is 12.7. The number of halogens is 1. The van der Waals surface area contributed by atoms with Crippen LogP contribution >= 0.6 is 0 Å². The summed E-state index contributed by atoms with van der Waals surface area (Å²) in [5.41, 5.74) is 0.608. The van der Waals surface area contributed by atoms with Gasteiger partial charge < -0.3 is 0 Å². The zero-order valence-corrected chi connectivity index (χ0v) is 5.56. The van der Waals surface area contributed by atoms with E-state index in [0.717, 1.165) is 0 Å². The molecule has 0 aliphatic carbocycles. The lowest BCUT2D eigenvalue weighted by Gasteiger charge is -1.93. The molecule has 0 amide bonds. The lowest BCUT2D eigenvalue weighted by Crippen LogP contribution is -1.99. The monoisotopic (exact) mass is 128 g/mol. The summed E-state index contributed by atoms with van der Waals surface area (Å²) >= 11 is 0. The minimum atomic E-state index is -0.225. The van der Waals surface area contributed by atoms with Gasteiger partial charge in [0.2, 0.25) is 5.95 Å². The highest BCUT2D eigenvalue weighted by atomic mass is 19.1. The maximum Gasteiger partial charge on any atom is 0.214 e. The molecule has 0 atom stereocenters. The van der Waals surface area contributed by atoms with Crippen molar-refractivity contribution < 1.29 is 4.39 Å². The molecule has 9 heavy (non-hydrogen) atoms. The van der Waals surface area contributed by atoms with Crippen molar-refractivity contribution in [3.05, 3.63) is 17.7 Å². The zero-order valence-electron chi connectivity index (χ0n) is 5.56. The van der Waals surface area contributed by atoms with Crippen molar-refractivity contribution in [1.29, 1.82) is 0 Å². The van der Waals surface area contributed by atoms with Crippen LogP contribution in [0.25, 0.3) is 0 Å². The standard InChI is InChI=1S/C6H9FN2/c1-3-9-6(7)5(2)4-8-9/h4H,3H2,1-2H3. The van der Waals surface area contributed by atoms with Crippen molar-refractivity contribution in [2.24, 2.45) is 0 Å². The van der Waals surface area contributed by atoms with Crippen LogP contribution in [0.1, 0.15) is 12.5 Å². The minimum absolute atomic E-state index is 0.225. The molecule has 0 fully saturated rings. The summed E-state index contributed by atoms with van der Waals surface area (Å²) in [7, 11) is 0. The van der Waals surface area contributed by atoms with Gasteiger partial charge in [0.15, 0.2) is 0 Å². The smallest absolute Gasteiger partial charge is 0.214 e. The molecule has 50 valence electrons. The van der Waals surface area contributed by atoms with Crippen molar-refractivity contribution in [2.75, 3.05) is 0 Å². The van der Waals surface area contributed by atoms with E-state index in [-0.39, 0.29) is 5.95 Å². The van der Waals surface area contributed by atoms with Crippen molar-refractivity contribution in [1.82, 2.24) is 9.78 Å². The van der Waals surface area contributed by atoms with E-state index < -0.39 is 0 Å². The first-order valence-corrected chi connectivity index (χ1v) is 2.93. The van der Waals surface area contributed by atoms with Gasteiger partial charge in [0.1, 0.15) is 0 Å². The number of rotatable bonds is 1.